The van der Waals surface area contributed by atoms with Gasteiger partial charge in [0.1, 0.15) is 0 Å². The highest BCUT2D eigenvalue weighted by molar-refractivity contribution is 5.21. The average Bonchev–Trinajstić information content (AvgIpc) is 2.32. The normalized spacial score (nSPS) is 13.3. The molecule has 0 bridgehead atoms. The fourth-order valence-electron chi connectivity index (χ4n) is 1.80. The molecule has 0 saturated carbocycles. The number of nitrogens with zero attached hydrogens (tertiary/aromatic N) is 1. The van der Waals surface area contributed by atoms with Crippen molar-refractivity contribution in [1.29, 1.82) is 0 Å². The van der Waals surface area contributed by atoms with E-state index < -0.39 is 0 Å². The first kappa shape index (κ1) is 15.2. The molecule has 0 fully saturated rings. The van der Waals surface area contributed by atoms with E-state index in [1.807, 2.05) is 0 Å². The molecule has 102 valence electrons. The molecule has 0 aliphatic rings. The van der Waals surface area contributed by atoms with Crippen molar-refractivity contribution >= 4 is 0 Å². The van der Waals surface area contributed by atoms with Crippen molar-refractivity contribution in [2.45, 2.75) is 40.3 Å². The molecular formula is C16H28N2. The average molecular weight is 248 g/mol. The zero-order valence-electron chi connectivity index (χ0n) is 12.5. The van der Waals surface area contributed by atoms with Crippen LogP contribution in [0.5, 0.6) is 0 Å². The molecule has 18 heavy (non-hydrogen) atoms. The summed E-state index contributed by atoms with van der Waals surface area (Å²) in [6, 6.07) is 9.40. The van der Waals surface area contributed by atoms with Gasteiger partial charge in [-0.25, -0.2) is 0 Å². The van der Waals surface area contributed by atoms with Crippen molar-refractivity contribution in [2.75, 3.05) is 20.1 Å². The van der Waals surface area contributed by atoms with Gasteiger partial charge in [-0.1, -0.05) is 43.7 Å². The number of aryl methyl sites for hydroxylation is 1. The Morgan fingerprint density at radius 3 is 2.28 bits per heavy atom. The van der Waals surface area contributed by atoms with Crippen LogP contribution >= 0.6 is 0 Å². The number of hydrogen-bond donors (Lipinski definition) is 1. The minimum Gasteiger partial charge on any atom is -0.313 e. The largest absolute Gasteiger partial charge is 0.313 e. The van der Waals surface area contributed by atoms with E-state index in [2.05, 4.69) is 69.2 Å². The van der Waals surface area contributed by atoms with Gasteiger partial charge in [-0.2, -0.15) is 0 Å². The molecule has 1 unspecified atom stereocenters. The van der Waals surface area contributed by atoms with Crippen molar-refractivity contribution in [1.82, 2.24) is 10.2 Å². The molecule has 2 nitrogen and oxygen atoms in total. The van der Waals surface area contributed by atoms with Crippen molar-refractivity contribution in [3.63, 3.8) is 0 Å². The second kappa shape index (κ2) is 7.55. The third kappa shape index (κ3) is 5.65. The third-order valence-corrected chi connectivity index (χ3v) is 3.53. The van der Waals surface area contributed by atoms with Crippen LogP contribution in [0.3, 0.4) is 0 Å². The van der Waals surface area contributed by atoms with E-state index in [1.54, 1.807) is 0 Å². The van der Waals surface area contributed by atoms with Gasteiger partial charge in [0.05, 0.1) is 0 Å². The summed E-state index contributed by atoms with van der Waals surface area (Å²) in [6.07, 6.45) is 0. The fraction of sp³-hybridized carbons (Fsp3) is 0.625. The van der Waals surface area contributed by atoms with Crippen molar-refractivity contribution in [3.8, 4) is 0 Å². The molecule has 0 saturated heterocycles. The SMILES string of the molecule is Cc1ccc(CN(C)CCNC(C)C(C)C)cc1. The molecule has 0 spiro atoms. The molecule has 2 heteroatoms. The zero-order valence-corrected chi connectivity index (χ0v) is 12.5. The summed E-state index contributed by atoms with van der Waals surface area (Å²) in [5, 5.41) is 3.57. The lowest BCUT2D eigenvalue weighted by atomic mass is 10.1. The highest BCUT2D eigenvalue weighted by Gasteiger charge is 2.06. The number of rotatable bonds is 7. The first-order valence-electron chi connectivity index (χ1n) is 6.96. The lowest BCUT2D eigenvalue weighted by molar-refractivity contribution is 0.308. The highest BCUT2D eigenvalue weighted by Crippen LogP contribution is 2.05. The van der Waals surface area contributed by atoms with E-state index in [-0.39, 0.29) is 0 Å². The zero-order chi connectivity index (χ0) is 13.5. The van der Waals surface area contributed by atoms with Crippen molar-refractivity contribution in [3.05, 3.63) is 35.4 Å². The molecule has 0 radical (unpaired) electrons. The quantitative estimate of drug-likeness (QED) is 0.798. The Morgan fingerprint density at radius 1 is 1.11 bits per heavy atom. The van der Waals surface area contributed by atoms with Crippen LogP contribution in [0.1, 0.15) is 31.9 Å². The van der Waals surface area contributed by atoms with E-state index >= 15 is 0 Å². The van der Waals surface area contributed by atoms with Crippen LogP contribution in [0.2, 0.25) is 0 Å². The van der Waals surface area contributed by atoms with Crippen LogP contribution in [-0.2, 0) is 6.54 Å². The van der Waals surface area contributed by atoms with Gasteiger partial charge < -0.3 is 10.2 Å². The number of hydrogen-bond acceptors (Lipinski definition) is 2. The predicted octanol–water partition coefficient (Wildman–Crippen LogP) is 3.06. The van der Waals surface area contributed by atoms with Gasteiger partial charge in [0.15, 0.2) is 0 Å². The van der Waals surface area contributed by atoms with Crippen LogP contribution < -0.4 is 5.32 Å². The molecular weight excluding hydrogens is 220 g/mol. The molecule has 1 atom stereocenters. The van der Waals surface area contributed by atoms with Crippen molar-refractivity contribution in [2.24, 2.45) is 5.92 Å². The second-order valence-electron chi connectivity index (χ2n) is 5.71. The van der Waals surface area contributed by atoms with E-state index in [9.17, 15) is 0 Å². The van der Waals surface area contributed by atoms with Gasteiger partial charge in [0.2, 0.25) is 0 Å². The molecule has 0 aromatic heterocycles. The first-order valence-corrected chi connectivity index (χ1v) is 6.96. The number of benzene rings is 1. The van der Waals surface area contributed by atoms with Gasteiger partial charge in [0, 0.05) is 25.7 Å². The Hall–Kier alpha value is -0.860. The third-order valence-electron chi connectivity index (χ3n) is 3.53. The Morgan fingerprint density at radius 2 is 1.72 bits per heavy atom. The smallest absolute Gasteiger partial charge is 0.0231 e. The molecule has 0 heterocycles. The van der Waals surface area contributed by atoms with Gasteiger partial charge in [-0.05, 0) is 32.4 Å². The van der Waals surface area contributed by atoms with Gasteiger partial charge >= 0.3 is 0 Å². The first-order chi connectivity index (χ1) is 8.49. The Labute approximate surface area is 112 Å². The summed E-state index contributed by atoms with van der Waals surface area (Å²) in [4.78, 5) is 2.37. The maximum Gasteiger partial charge on any atom is 0.0231 e. The summed E-state index contributed by atoms with van der Waals surface area (Å²) >= 11 is 0. The Kier molecular flexibility index (Phi) is 6.37. The molecule has 0 aliphatic carbocycles. The Balaban J connectivity index is 2.25. The molecule has 1 N–H and O–H groups in total. The summed E-state index contributed by atoms with van der Waals surface area (Å²) in [6.45, 7) is 12.1. The van der Waals surface area contributed by atoms with Crippen LogP contribution in [0.25, 0.3) is 0 Å². The molecule has 0 amide bonds. The highest BCUT2D eigenvalue weighted by atomic mass is 15.1. The predicted molar refractivity (Wildman–Crippen MR) is 79.8 cm³/mol. The minimum absolute atomic E-state index is 0.595. The van der Waals surface area contributed by atoms with Crippen molar-refractivity contribution < 1.29 is 0 Å². The molecule has 0 aliphatic heterocycles. The maximum atomic E-state index is 3.57. The summed E-state index contributed by atoms with van der Waals surface area (Å²) < 4.78 is 0. The summed E-state index contributed by atoms with van der Waals surface area (Å²) in [5.41, 5.74) is 2.72. The Bertz CT molecular complexity index is 329. The molecule has 1 aromatic carbocycles. The lowest BCUT2D eigenvalue weighted by Crippen LogP contribution is -2.36. The van der Waals surface area contributed by atoms with Crippen LogP contribution in [-0.4, -0.2) is 31.1 Å². The summed E-state index contributed by atoms with van der Waals surface area (Å²) in [5.74, 6) is 0.701. The topological polar surface area (TPSA) is 15.3 Å². The van der Waals surface area contributed by atoms with Crippen LogP contribution in [0.4, 0.5) is 0 Å². The van der Waals surface area contributed by atoms with Gasteiger partial charge in [0.25, 0.3) is 0 Å². The minimum atomic E-state index is 0.595. The molecule has 1 rings (SSSR count). The number of nitrogens with one attached hydrogen (secondary N) is 1. The molecule has 1 aromatic rings. The van der Waals surface area contributed by atoms with E-state index in [0.29, 0.717) is 12.0 Å². The summed E-state index contributed by atoms with van der Waals surface area (Å²) in [7, 11) is 2.18. The standard InChI is InChI=1S/C16H28N2/c1-13(2)15(4)17-10-11-18(5)12-16-8-6-14(3)7-9-16/h6-9,13,15,17H,10-12H2,1-5H3. The second-order valence-corrected chi connectivity index (χ2v) is 5.71. The maximum absolute atomic E-state index is 3.57. The van der Waals surface area contributed by atoms with Crippen LogP contribution in [0, 0.1) is 12.8 Å². The van der Waals surface area contributed by atoms with E-state index in [4.69, 9.17) is 0 Å². The van der Waals surface area contributed by atoms with Crippen LogP contribution in [0.15, 0.2) is 24.3 Å². The van der Waals surface area contributed by atoms with E-state index in [0.717, 1.165) is 19.6 Å². The lowest BCUT2D eigenvalue weighted by Gasteiger charge is -2.21. The fourth-order valence-corrected chi connectivity index (χ4v) is 1.80. The van der Waals surface area contributed by atoms with E-state index in [1.165, 1.54) is 11.1 Å². The monoisotopic (exact) mass is 248 g/mol. The number of likely N-dealkylation sites (N-methyl/N-ethyl adjacent to an activating group) is 1. The van der Waals surface area contributed by atoms with Gasteiger partial charge in [-0.15, -0.1) is 0 Å². The van der Waals surface area contributed by atoms with Gasteiger partial charge in [-0.3, -0.25) is 0 Å².